The lowest BCUT2D eigenvalue weighted by atomic mass is 10.0. The van der Waals surface area contributed by atoms with E-state index in [0.29, 0.717) is 44.5 Å². The van der Waals surface area contributed by atoms with E-state index < -0.39 is 0 Å². The standard InChI is InChI=1S/C22H26N4O4/c1-15-19(16(2)30-23-15)8-9-20(27)24-12-10-17(11-13-24)25-14-21(28)26(22(25)29)18-6-4-3-5-7-18/h3-7,17H,8-14H2,1-2H3. The summed E-state index contributed by atoms with van der Waals surface area (Å²) < 4.78 is 5.16. The Kier molecular flexibility index (Phi) is 5.57. The minimum Gasteiger partial charge on any atom is -0.361 e. The molecule has 2 aliphatic rings. The monoisotopic (exact) mass is 410 g/mol. The number of likely N-dealkylation sites (tertiary alicyclic amines) is 1. The van der Waals surface area contributed by atoms with E-state index in [0.717, 1.165) is 17.0 Å². The summed E-state index contributed by atoms with van der Waals surface area (Å²) in [5.74, 6) is 0.659. The molecule has 0 unspecified atom stereocenters. The van der Waals surface area contributed by atoms with Gasteiger partial charge in [0.2, 0.25) is 5.91 Å². The van der Waals surface area contributed by atoms with Crippen molar-refractivity contribution in [2.75, 3.05) is 24.5 Å². The number of amides is 4. The predicted octanol–water partition coefficient (Wildman–Crippen LogP) is 2.68. The highest BCUT2D eigenvalue weighted by molar-refractivity contribution is 6.19. The van der Waals surface area contributed by atoms with Crippen LogP contribution in [0.1, 0.15) is 36.3 Å². The van der Waals surface area contributed by atoms with Crippen LogP contribution in [0, 0.1) is 13.8 Å². The van der Waals surface area contributed by atoms with Crippen molar-refractivity contribution in [1.82, 2.24) is 15.0 Å². The van der Waals surface area contributed by atoms with Crippen LogP contribution in [0.25, 0.3) is 0 Å². The number of para-hydroxylation sites is 1. The first kappa shape index (κ1) is 20.1. The van der Waals surface area contributed by atoms with Gasteiger partial charge in [-0.2, -0.15) is 0 Å². The van der Waals surface area contributed by atoms with Crippen molar-refractivity contribution in [1.29, 1.82) is 0 Å². The first-order chi connectivity index (χ1) is 14.5. The first-order valence-corrected chi connectivity index (χ1v) is 10.3. The van der Waals surface area contributed by atoms with Gasteiger partial charge in [0.05, 0.1) is 11.4 Å². The van der Waals surface area contributed by atoms with E-state index in [1.165, 1.54) is 4.90 Å². The van der Waals surface area contributed by atoms with Crippen molar-refractivity contribution >= 4 is 23.5 Å². The lowest BCUT2D eigenvalue weighted by Gasteiger charge is -2.36. The van der Waals surface area contributed by atoms with Crippen molar-refractivity contribution < 1.29 is 18.9 Å². The quantitative estimate of drug-likeness (QED) is 0.708. The van der Waals surface area contributed by atoms with Gasteiger partial charge in [-0.15, -0.1) is 0 Å². The van der Waals surface area contributed by atoms with Gasteiger partial charge >= 0.3 is 6.03 Å². The van der Waals surface area contributed by atoms with Crippen LogP contribution in [0.2, 0.25) is 0 Å². The zero-order chi connectivity index (χ0) is 21.3. The second-order valence-corrected chi connectivity index (χ2v) is 7.89. The zero-order valence-electron chi connectivity index (χ0n) is 17.3. The molecule has 0 N–H and O–H groups in total. The molecule has 0 aliphatic carbocycles. The van der Waals surface area contributed by atoms with Crippen molar-refractivity contribution in [3.8, 4) is 0 Å². The molecule has 4 amide bonds. The molecular formula is C22H26N4O4. The van der Waals surface area contributed by atoms with E-state index in [1.54, 1.807) is 17.0 Å². The summed E-state index contributed by atoms with van der Waals surface area (Å²) in [4.78, 5) is 42.7. The Morgan fingerprint density at radius 3 is 2.47 bits per heavy atom. The smallest absolute Gasteiger partial charge is 0.332 e. The van der Waals surface area contributed by atoms with Gasteiger partial charge in [0.25, 0.3) is 5.91 Å². The van der Waals surface area contributed by atoms with Crippen LogP contribution in [-0.4, -0.2) is 58.5 Å². The largest absolute Gasteiger partial charge is 0.361 e. The molecule has 0 spiro atoms. The lowest BCUT2D eigenvalue weighted by Crippen LogP contribution is -2.48. The molecule has 4 rings (SSSR count). The van der Waals surface area contributed by atoms with Crippen LogP contribution >= 0.6 is 0 Å². The normalized spacial score (nSPS) is 17.9. The fraction of sp³-hybridized carbons (Fsp3) is 0.455. The van der Waals surface area contributed by atoms with Gasteiger partial charge in [-0.1, -0.05) is 23.4 Å². The minimum absolute atomic E-state index is 0.0261. The molecular weight excluding hydrogens is 384 g/mol. The van der Waals surface area contributed by atoms with Gasteiger partial charge in [0.1, 0.15) is 12.3 Å². The van der Waals surface area contributed by atoms with E-state index in [-0.39, 0.29) is 30.4 Å². The molecule has 2 saturated heterocycles. The summed E-state index contributed by atoms with van der Waals surface area (Å²) in [6, 6.07) is 8.71. The highest BCUT2D eigenvalue weighted by Crippen LogP contribution is 2.26. The highest BCUT2D eigenvalue weighted by Gasteiger charge is 2.41. The van der Waals surface area contributed by atoms with E-state index in [2.05, 4.69) is 5.16 Å². The lowest BCUT2D eigenvalue weighted by molar-refractivity contribution is -0.132. The second-order valence-electron chi connectivity index (χ2n) is 7.89. The third kappa shape index (κ3) is 3.81. The molecule has 2 aliphatic heterocycles. The van der Waals surface area contributed by atoms with Gasteiger partial charge < -0.3 is 14.3 Å². The Labute approximate surface area is 175 Å². The fourth-order valence-electron chi connectivity index (χ4n) is 4.31. The Morgan fingerprint density at radius 1 is 1.13 bits per heavy atom. The number of benzene rings is 1. The molecule has 30 heavy (non-hydrogen) atoms. The molecule has 3 heterocycles. The topological polar surface area (TPSA) is 87.0 Å². The van der Waals surface area contributed by atoms with Crippen LogP contribution in [0.3, 0.4) is 0 Å². The minimum atomic E-state index is -0.269. The van der Waals surface area contributed by atoms with E-state index in [4.69, 9.17) is 4.52 Å². The molecule has 8 heteroatoms. The summed E-state index contributed by atoms with van der Waals surface area (Å²) in [5, 5.41) is 3.93. The number of anilines is 1. The Hall–Kier alpha value is -3.16. The van der Waals surface area contributed by atoms with Crippen molar-refractivity contribution in [2.24, 2.45) is 0 Å². The van der Waals surface area contributed by atoms with E-state index in [9.17, 15) is 14.4 Å². The average molecular weight is 410 g/mol. The van der Waals surface area contributed by atoms with Gasteiger partial charge in [-0.3, -0.25) is 9.59 Å². The molecule has 0 atom stereocenters. The molecule has 2 fully saturated rings. The number of hydrogen-bond acceptors (Lipinski definition) is 5. The Balaban J connectivity index is 1.32. The summed E-state index contributed by atoms with van der Waals surface area (Å²) >= 11 is 0. The molecule has 158 valence electrons. The number of imide groups is 1. The SMILES string of the molecule is Cc1noc(C)c1CCC(=O)N1CCC(N2CC(=O)N(c3ccccc3)C2=O)CC1. The molecule has 0 saturated carbocycles. The fourth-order valence-corrected chi connectivity index (χ4v) is 4.31. The molecule has 0 bridgehead atoms. The number of carbonyl (C=O) groups is 3. The van der Waals surface area contributed by atoms with Gasteiger partial charge in [-0.05, 0) is 45.2 Å². The number of aryl methyl sites for hydroxylation is 2. The van der Waals surface area contributed by atoms with Crippen LogP contribution < -0.4 is 4.90 Å². The van der Waals surface area contributed by atoms with E-state index >= 15 is 0 Å². The third-order valence-corrected chi connectivity index (χ3v) is 6.03. The number of urea groups is 1. The van der Waals surface area contributed by atoms with Gasteiger partial charge in [0, 0.05) is 31.1 Å². The van der Waals surface area contributed by atoms with Crippen LogP contribution in [0.15, 0.2) is 34.9 Å². The Bertz CT molecular complexity index is 928. The summed E-state index contributed by atoms with van der Waals surface area (Å²) in [6.07, 6.45) is 2.39. The molecule has 8 nitrogen and oxygen atoms in total. The molecule has 2 aromatic rings. The number of carbonyl (C=O) groups excluding carboxylic acids is 3. The van der Waals surface area contributed by atoms with Crippen LogP contribution in [0.5, 0.6) is 0 Å². The van der Waals surface area contributed by atoms with Gasteiger partial charge in [0.15, 0.2) is 0 Å². The predicted molar refractivity (Wildman–Crippen MR) is 110 cm³/mol. The average Bonchev–Trinajstić information content (AvgIpc) is 3.24. The van der Waals surface area contributed by atoms with Gasteiger partial charge in [-0.25, -0.2) is 9.69 Å². The van der Waals surface area contributed by atoms with Crippen LogP contribution in [-0.2, 0) is 16.0 Å². The summed E-state index contributed by atoms with van der Waals surface area (Å²) in [6.45, 7) is 5.02. The molecule has 1 aromatic heterocycles. The summed E-state index contributed by atoms with van der Waals surface area (Å²) in [7, 11) is 0. The maximum Gasteiger partial charge on any atom is 0.332 e. The number of rotatable bonds is 5. The molecule has 0 radical (unpaired) electrons. The number of nitrogens with zero attached hydrogens (tertiary/aromatic N) is 4. The highest BCUT2D eigenvalue weighted by atomic mass is 16.5. The third-order valence-electron chi connectivity index (χ3n) is 6.03. The zero-order valence-corrected chi connectivity index (χ0v) is 17.3. The number of aromatic nitrogens is 1. The summed E-state index contributed by atoms with van der Waals surface area (Å²) in [5.41, 5.74) is 2.43. The maximum absolute atomic E-state index is 12.9. The van der Waals surface area contributed by atoms with E-state index in [1.807, 2.05) is 36.9 Å². The first-order valence-electron chi connectivity index (χ1n) is 10.3. The number of piperidine rings is 1. The van der Waals surface area contributed by atoms with Crippen LogP contribution in [0.4, 0.5) is 10.5 Å². The molecule has 1 aromatic carbocycles. The second kappa shape index (κ2) is 8.30. The van der Waals surface area contributed by atoms with Crippen molar-refractivity contribution in [3.63, 3.8) is 0 Å². The number of hydrogen-bond donors (Lipinski definition) is 0. The van der Waals surface area contributed by atoms with Crippen molar-refractivity contribution in [3.05, 3.63) is 47.3 Å². The van der Waals surface area contributed by atoms with Crippen molar-refractivity contribution in [2.45, 2.75) is 45.6 Å². The maximum atomic E-state index is 12.9. The Morgan fingerprint density at radius 2 is 1.83 bits per heavy atom.